The van der Waals surface area contributed by atoms with E-state index in [-0.39, 0.29) is 11.5 Å². The van der Waals surface area contributed by atoms with Crippen molar-refractivity contribution in [2.45, 2.75) is 0 Å². The molecule has 0 bridgehead atoms. The molecule has 27 heavy (non-hydrogen) atoms. The lowest BCUT2D eigenvalue weighted by molar-refractivity contribution is 0.101. The Morgan fingerprint density at radius 1 is 1.15 bits per heavy atom. The molecule has 0 saturated heterocycles. The summed E-state index contributed by atoms with van der Waals surface area (Å²) in [7, 11) is 1.45. The Labute approximate surface area is 154 Å². The smallest absolute Gasteiger partial charge is 0.280 e. The molecule has 1 aliphatic rings. The number of halogens is 1. The Morgan fingerprint density at radius 2 is 1.89 bits per heavy atom. The lowest BCUT2D eigenvalue weighted by Gasteiger charge is -2.18. The summed E-state index contributed by atoms with van der Waals surface area (Å²) in [6.45, 7) is 0.955. The van der Waals surface area contributed by atoms with Crippen molar-refractivity contribution >= 4 is 11.6 Å². The Bertz CT molecular complexity index is 985. The summed E-state index contributed by atoms with van der Waals surface area (Å²) in [6.07, 6.45) is 1.56. The highest BCUT2D eigenvalue weighted by Gasteiger charge is 2.20. The van der Waals surface area contributed by atoms with Crippen LogP contribution in [0.3, 0.4) is 0 Å². The zero-order chi connectivity index (χ0) is 18.8. The maximum atomic E-state index is 13.1. The maximum absolute atomic E-state index is 13.1. The van der Waals surface area contributed by atoms with Gasteiger partial charge in [0, 0.05) is 11.8 Å². The number of fused-ring (bicyclic) bond motifs is 1. The number of nitrogens with one attached hydrogen (secondary N) is 1. The Balaban J connectivity index is 1.59. The van der Waals surface area contributed by atoms with Crippen LogP contribution in [0.5, 0.6) is 17.2 Å². The first-order valence-electron chi connectivity index (χ1n) is 8.24. The molecule has 1 amide bonds. The van der Waals surface area contributed by atoms with Gasteiger partial charge in [-0.15, -0.1) is 0 Å². The fourth-order valence-corrected chi connectivity index (χ4v) is 2.70. The Hall–Kier alpha value is -3.55. The molecule has 0 fully saturated rings. The zero-order valence-corrected chi connectivity index (χ0v) is 14.4. The van der Waals surface area contributed by atoms with E-state index in [9.17, 15) is 9.18 Å². The first-order valence-corrected chi connectivity index (χ1v) is 8.24. The molecule has 7 nitrogen and oxygen atoms in total. The highest BCUT2D eigenvalue weighted by molar-refractivity contribution is 6.04. The molecule has 3 aromatic rings. The molecule has 4 rings (SSSR count). The highest BCUT2D eigenvalue weighted by atomic mass is 19.1. The monoisotopic (exact) mass is 369 g/mol. The lowest BCUT2D eigenvalue weighted by atomic mass is 10.2. The molecule has 0 unspecified atom stereocenters. The number of ether oxygens (including phenoxy) is 3. The lowest BCUT2D eigenvalue weighted by Crippen LogP contribution is -2.17. The minimum atomic E-state index is -0.440. The first kappa shape index (κ1) is 16.9. The quantitative estimate of drug-likeness (QED) is 0.765. The van der Waals surface area contributed by atoms with E-state index in [1.54, 1.807) is 36.5 Å². The molecule has 1 N–H and O–H groups in total. The summed E-state index contributed by atoms with van der Waals surface area (Å²) in [5.74, 6) is 0.716. The zero-order valence-electron chi connectivity index (χ0n) is 14.4. The normalized spacial score (nSPS) is 12.5. The number of nitrogens with zero attached hydrogens (tertiary/aromatic N) is 2. The van der Waals surface area contributed by atoms with Crippen LogP contribution >= 0.6 is 0 Å². The molecular weight excluding hydrogens is 353 g/mol. The van der Waals surface area contributed by atoms with Crippen LogP contribution < -0.4 is 19.5 Å². The van der Waals surface area contributed by atoms with Gasteiger partial charge in [0.2, 0.25) is 0 Å². The number of hydrogen-bond acceptors (Lipinski definition) is 5. The SMILES string of the molecule is COc1cn(-c2ccc(F)cc2)nc1C(=O)Nc1ccc2c(c1)OCCO2. The number of aromatic nitrogens is 2. The van der Waals surface area contributed by atoms with Crippen LogP contribution in [-0.4, -0.2) is 36.0 Å². The molecule has 138 valence electrons. The van der Waals surface area contributed by atoms with Gasteiger partial charge in [0.25, 0.3) is 5.91 Å². The first-order chi connectivity index (χ1) is 13.1. The largest absolute Gasteiger partial charge is 0.493 e. The van der Waals surface area contributed by atoms with Gasteiger partial charge in [0.15, 0.2) is 22.9 Å². The van der Waals surface area contributed by atoms with Gasteiger partial charge in [-0.25, -0.2) is 9.07 Å². The topological polar surface area (TPSA) is 74.6 Å². The average Bonchev–Trinajstić information content (AvgIpc) is 3.13. The Kier molecular flexibility index (Phi) is 4.37. The third kappa shape index (κ3) is 3.41. The van der Waals surface area contributed by atoms with Crippen molar-refractivity contribution in [2.75, 3.05) is 25.6 Å². The number of methoxy groups -OCH3 is 1. The summed E-state index contributed by atoms with van der Waals surface area (Å²) in [5, 5.41) is 7.03. The molecule has 1 aromatic heterocycles. The van der Waals surface area contributed by atoms with Crippen LogP contribution in [0.1, 0.15) is 10.5 Å². The molecule has 0 atom stereocenters. The molecule has 2 heterocycles. The van der Waals surface area contributed by atoms with Crippen LogP contribution in [0.2, 0.25) is 0 Å². The molecular formula is C19H16FN3O4. The Morgan fingerprint density at radius 3 is 2.63 bits per heavy atom. The summed E-state index contributed by atoms with van der Waals surface area (Å²) in [5.41, 5.74) is 1.26. The van der Waals surface area contributed by atoms with E-state index in [2.05, 4.69) is 10.4 Å². The number of amides is 1. The van der Waals surface area contributed by atoms with Crippen LogP contribution in [0.15, 0.2) is 48.7 Å². The average molecular weight is 369 g/mol. The summed E-state index contributed by atoms with van der Waals surface area (Å²) >= 11 is 0. The molecule has 0 radical (unpaired) electrons. The van der Waals surface area contributed by atoms with E-state index in [0.717, 1.165) is 0 Å². The van der Waals surface area contributed by atoms with E-state index >= 15 is 0 Å². The molecule has 0 saturated carbocycles. The van der Waals surface area contributed by atoms with Gasteiger partial charge in [-0.05, 0) is 36.4 Å². The van der Waals surface area contributed by atoms with Crippen molar-refractivity contribution in [3.05, 3.63) is 60.2 Å². The van der Waals surface area contributed by atoms with Crippen LogP contribution in [-0.2, 0) is 0 Å². The number of rotatable bonds is 4. The van der Waals surface area contributed by atoms with Crippen molar-refractivity contribution in [2.24, 2.45) is 0 Å². The second-order valence-electron chi connectivity index (χ2n) is 5.78. The van der Waals surface area contributed by atoms with Crippen molar-refractivity contribution in [1.82, 2.24) is 9.78 Å². The van der Waals surface area contributed by atoms with Crippen molar-refractivity contribution < 1.29 is 23.4 Å². The second-order valence-corrected chi connectivity index (χ2v) is 5.78. The van der Waals surface area contributed by atoms with Crippen molar-refractivity contribution in [3.63, 3.8) is 0 Å². The molecule has 1 aliphatic heterocycles. The number of carbonyl (C=O) groups excluding carboxylic acids is 1. The number of carbonyl (C=O) groups is 1. The fourth-order valence-electron chi connectivity index (χ4n) is 2.70. The van der Waals surface area contributed by atoms with Crippen LogP contribution in [0, 0.1) is 5.82 Å². The maximum Gasteiger partial charge on any atom is 0.280 e. The van der Waals surface area contributed by atoms with Crippen molar-refractivity contribution in [1.29, 1.82) is 0 Å². The molecule has 8 heteroatoms. The van der Waals surface area contributed by atoms with E-state index in [4.69, 9.17) is 14.2 Å². The predicted octanol–water partition coefficient (Wildman–Crippen LogP) is 3.04. The van der Waals surface area contributed by atoms with Crippen molar-refractivity contribution in [3.8, 4) is 22.9 Å². The summed E-state index contributed by atoms with van der Waals surface area (Å²) in [6, 6.07) is 10.9. The van der Waals surface area contributed by atoms with E-state index in [0.29, 0.717) is 41.8 Å². The van der Waals surface area contributed by atoms with E-state index in [1.165, 1.54) is 23.9 Å². The number of hydrogen-bond donors (Lipinski definition) is 1. The summed E-state index contributed by atoms with van der Waals surface area (Å²) < 4.78 is 30.8. The summed E-state index contributed by atoms with van der Waals surface area (Å²) in [4.78, 5) is 12.7. The minimum Gasteiger partial charge on any atom is -0.493 e. The van der Waals surface area contributed by atoms with Gasteiger partial charge in [-0.3, -0.25) is 4.79 Å². The highest BCUT2D eigenvalue weighted by Crippen LogP contribution is 2.33. The van der Waals surface area contributed by atoms with Gasteiger partial charge >= 0.3 is 0 Å². The molecule has 0 spiro atoms. The number of anilines is 1. The van der Waals surface area contributed by atoms with Gasteiger partial charge in [-0.1, -0.05) is 0 Å². The fraction of sp³-hybridized carbons (Fsp3) is 0.158. The van der Waals surface area contributed by atoms with E-state index in [1.807, 2.05) is 0 Å². The van der Waals surface area contributed by atoms with Gasteiger partial charge < -0.3 is 19.5 Å². The predicted molar refractivity (Wildman–Crippen MR) is 95.5 cm³/mol. The minimum absolute atomic E-state index is 0.108. The third-order valence-corrected chi connectivity index (χ3v) is 4.01. The number of benzene rings is 2. The van der Waals surface area contributed by atoms with Crippen LogP contribution in [0.4, 0.5) is 10.1 Å². The van der Waals surface area contributed by atoms with Gasteiger partial charge in [0.05, 0.1) is 19.0 Å². The van der Waals surface area contributed by atoms with Crippen LogP contribution in [0.25, 0.3) is 5.69 Å². The van der Waals surface area contributed by atoms with Gasteiger partial charge in [0.1, 0.15) is 19.0 Å². The standard InChI is InChI=1S/C19H16FN3O4/c1-25-17-11-23(14-5-2-12(20)3-6-14)22-18(17)19(24)21-13-4-7-15-16(10-13)27-9-8-26-15/h2-7,10-11H,8-9H2,1H3,(H,21,24). The van der Waals surface area contributed by atoms with Gasteiger partial charge in [-0.2, -0.15) is 5.10 Å². The second kappa shape index (κ2) is 6.99. The third-order valence-electron chi connectivity index (χ3n) is 4.01. The molecule has 0 aliphatic carbocycles. The van der Waals surface area contributed by atoms with E-state index < -0.39 is 5.91 Å². The molecule has 2 aromatic carbocycles.